The molecule has 15 heteroatoms. The first-order valence-corrected chi connectivity index (χ1v) is 14.6. The Hall–Kier alpha value is -2.60. The van der Waals surface area contributed by atoms with Gasteiger partial charge in [0.1, 0.15) is 0 Å². The van der Waals surface area contributed by atoms with Gasteiger partial charge >= 0.3 is 12.3 Å². The molecule has 5 atom stereocenters. The van der Waals surface area contributed by atoms with Crippen molar-refractivity contribution < 1.29 is 59.5 Å². The van der Waals surface area contributed by atoms with Gasteiger partial charge in [0, 0.05) is 31.0 Å². The maximum absolute atomic E-state index is 13.0. The molecule has 2 amide bonds. The highest BCUT2D eigenvalue weighted by molar-refractivity contribution is 5.83. The average molecular weight is 632 g/mol. The van der Waals surface area contributed by atoms with Crippen LogP contribution in [0.2, 0.25) is 0 Å². The molecule has 1 fully saturated rings. The highest BCUT2D eigenvalue weighted by Crippen LogP contribution is 2.34. The van der Waals surface area contributed by atoms with Crippen LogP contribution < -0.4 is 25.8 Å². The van der Waals surface area contributed by atoms with E-state index in [1.54, 1.807) is 26.0 Å². The first-order chi connectivity index (χ1) is 20.2. The molecule has 11 N–H and O–H groups in total. The van der Waals surface area contributed by atoms with Gasteiger partial charge in [-0.15, -0.1) is 0 Å². The van der Waals surface area contributed by atoms with Crippen molar-refractivity contribution in [3.05, 3.63) is 23.8 Å². The summed E-state index contributed by atoms with van der Waals surface area (Å²) >= 11 is 0. The van der Waals surface area contributed by atoms with Crippen molar-refractivity contribution in [2.75, 3.05) is 19.8 Å². The molecular weight excluding hydrogens is 582 g/mol. The quantitative estimate of drug-likeness (QED) is 0.0661. The van der Waals surface area contributed by atoms with E-state index in [9.17, 15) is 30.0 Å². The Balaban J connectivity index is 2.05. The Bertz CT molecular complexity index is 1090. The van der Waals surface area contributed by atoms with Crippen molar-refractivity contribution in [1.29, 1.82) is 0 Å². The molecule has 44 heavy (non-hydrogen) atoms. The number of primary amides is 1. The fourth-order valence-corrected chi connectivity index (χ4v) is 5.01. The summed E-state index contributed by atoms with van der Waals surface area (Å²) in [6.45, 7) is 8.86. The minimum absolute atomic E-state index is 0.00507. The molecule has 0 spiro atoms. The lowest BCUT2D eigenvalue weighted by Crippen LogP contribution is -2.46. The van der Waals surface area contributed by atoms with Gasteiger partial charge in [0.2, 0.25) is 11.8 Å². The van der Waals surface area contributed by atoms with Gasteiger partial charge in [0.05, 0.1) is 24.7 Å². The molecular formula is C29H49N3O12. The summed E-state index contributed by atoms with van der Waals surface area (Å²) in [4.78, 5) is 24.6. The van der Waals surface area contributed by atoms with Gasteiger partial charge in [-0.25, -0.2) is 0 Å². The van der Waals surface area contributed by atoms with E-state index in [0.29, 0.717) is 12.8 Å². The fraction of sp³-hybridized carbons (Fsp3) is 0.724. The van der Waals surface area contributed by atoms with Gasteiger partial charge in [-0.05, 0) is 69.6 Å². The van der Waals surface area contributed by atoms with Gasteiger partial charge in [-0.3, -0.25) is 9.59 Å². The molecule has 1 aliphatic rings. The summed E-state index contributed by atoms with van der Waals surface area (Å²) in [6.07, 6.45) is -6.07. The summed E-state index contributed by atoms with van der Waals surface area (Å²) in [6, 6.07) is 4.38. The highest BCUT2D eigenvalue weighted by Gasteiger charge is 2.37. The predicted octanol–water partition coefficient (Wildman–Crippen LogP) is -1.41. The summed E-state index contributed by atoms with van der Waals surface area (Å²) < 4.78 is 14.8. The molecule has 1 heterocycles. The maximum Gasteiger partial charge on any atom is 0.453 e. The number of hydrogen-bond donors (Lipinski definition) is 10. The van der Waals surface area contributed by atoms with Gasteiger partial charge in [-0.1, -0.05) is 19.9 Å². The van der Waals surface area contributed by atoms with Gasteiger partial charge < -0.3 is 66.3 Å². The molecule has 0 bridgehead atoms. The van der Waals surface area contributed by atoms with E-state index in [-0.39, 0.29) is 73.9 Å². The van der Waals surface area contributed by atoms with Crippen LogP contribution in [0.4, 0.5) is 0 Å². The summed E-state index contributed by atoms with van der Waals surface area (Å²) in [5.41, 5.74) is 5.30. The second-order valence-electron chi connectivity index (χ2n) is 12.5. The normalized spacial score (nSPS) is 20.8. The number of carbonyl (C=O) groups excluding carboxylic acids is 2. The van der Waals surface area contributed by atoms with Crippen LogP contribution in [-0.4, -0.2) is 97.8 Å². The number of aliphatic hydroxyl groups excluding tert-OH is 1. The standard InChI is InChI=1S/C29H49N3O12/c1-16(2)20(25(34)31-15-27(4,5)26(30)35)14-22(33)21-13-19(17(3)32-21)11-18-7-8-23(44-29(39,40)41)24(12-18)42-9-6-10-43-28(36,37)38/h7-8,12,16-17,19-22,32-33,36-41H,6,9-11,13-15H2,1-5H3,(H2,30,35)(H,31,34). The smallest absolute Gasteiger partial charge is 0.453 e. The molecule has 252 valence electrons. The summed E-state index contributed by atoms with van der Waals surface area (Å²) in [5.74, 6) is -1.35. The Kier molecular flexibility index (Phi) is 13.3. The van der Waals surface area contributed by atoms with Crippen molar-refractivity contribution in [1.82, 2.24) is 10.6 Å². The second kappa shape index (κ2) is 15.6. The summed E-state index contributed by atoms with van der Waals surface area (Å²) in [7, 11) is 0. The fourth-order valence-electron chi connectivity index (χ4n) is 5.01. The number of amides is 2. The number of carbonyl (C=O) groups is 2. The highest BCUT2D eigenvalue weighted by atomic mass is 16.9. The Morgan fingerprint density at radius 1 is 1.07 bits per heavy atom. The van der Waals surface area contributed by atoms with Crippen LogP contribution in [0.25, 0.3) is 0 Å². The van der Waals surface area contributed by atoms with Crippen LogP contribution in [0, 0.1) is 23.2 Å². The van der Waals surface area contributed by atoms with E-state index in [2.05, 4.69) is 15.4 Å². The molecule has 0 aliphatic carbocycles. The van der Waals surface area contributed by atoms with Gasteiger partial charge in [0.15, 0.2) is 11.5 Å². The zero-order chi connectivity index (χ0) is 33.5. The van der Waals surface area contributed by atoms with Crippen LogP contribution in [0.3, 0.4) is 0 Å². The lowest BCUT2D eigenvalue weighted by atomic mass is 9.85. The molecule has 5 unspecified atom stereocenters. The van der Waals surface area contributed by atoms with Crippen molar-refractivity contribution in [2.45, 2.75) is 90.8 Å². The van der Waals surface area contributed by atoms with Crippen LogP contribution in [0.15, 0.2) is 18.2 Å². The first-order valence-electron chi connectivity index (χ1n) is 14.6. The van der Waals surface area contributed by atoms with Crippen molar-refractivity contribution >= 4 is 11.8 Å². The van der Waals surface area contributed by atoms with E-state index in [0.717, 1.165) is 5.56 Å². The SMILES string of the molecule is CC(C)C(CC(O)C1CC(Cc2ccc(OC(O)(O)O)c(OCCCOC(O)(O)O)c2)C(C)N1)C(=O)NCC(C)(C)C(N)=O. The monoisotopic (exact) mass is 631 g/mol. The number of benzene rings is 1. The molecule has 1 saturated heterocycles. The molecule has 1 aromatic rings. The van der Waals surface area contributed by atoms with Crippen LogP contribution in [0.5, 0.6) is 11.5 Å². The third-order valence-corrected chi connectivity index (χ3v) is 7.81. The van der Waals surface area contributed by atoms with Crippen LogP contribution in [-0.2, 0) is 20.7 Å². The Morgan fingerprint density at radius 3 is 2.30 bits per heavy atom. The number of hydrogen-bond acceptors (Lipinski definition) is 13. The van der Waals surface area contributed by atoms with Crippen LogP contribution in [0.1, 0.15) is 59.4 Å². The van der Waals surface area contributed by atoms with Gasteiger partial charge in [0.25, 0.3) is 0 Å². The molecule has 15 nitrogen and oxygen atoms in total. The molecule has 0 aromatic heterocycles. The minimum atomic E-state index is -3.46. The lowest BCUT2D eigenvalue weighted by molar-refractivity contribution is -0.454. The zero-order valence-electron chi connectivity index (χ0n) is 25.9. The maximum atomic E-state index is 13.0. The topological polar surface area (TPSA) is 254 Å². The molecule has 0 saturated carbocycles. The number of nitrogens with two attached hydrogens (primary N) is 1. The van der Waals surface area contributed by atoms with Crippen molar-refractivity contribution in [2.24, 2.45) is 28.9 Å². The average Bonchev–Trinajstić information content (AvgIpc) is 3.25. The largest absolute Gasteiger partial charge is 0.490 e. The van der Waals surface area contributed by atoms with E-state index in [4.69, 9.17) is 30.5 Å². The van der Waals surface area contributed by atoms with E-state index < -0.39 is 35.7 Å². The molecule has 0 radical (unpaired) electrons. The first kappa shape index (κ1) is 37.6. The predicted molar refractivity (Wildman–Crippen MR) is 155 cm³/mol. The van der Waals surface area contributed by atoms with E-state index in [1.807, 2.05) is 20.8 Å². The third kappa shape index (κ3) is 12.4. The number of aliphatic hydroxyl groups is 7. The summed E-state index contributed by atoms with van der Waals surface area (Å²) in [5, 5.41) is 71.6. The molecule has 1 aromatic carbocycles. The van der Waals surface area contributed by atoms with Crippen LogP contribution >= 0.6 is 0 Å². The zero-order valence-corrected chi connectivity index (χ0v) is 25.9. The lowest BCUT2D eigenvalue weighted by Gasteiger charge is -2.28. The minimum Gasteiger partial charge on any atom is -0.490 e. The Morgan fingerprint density at radius 2 is 1.73 bits per heavy atom. The molecule has 2 rings (SSSR count). The second-order valence-corrected chi connectivity index (χ2v) is 12.5. The van der Waals surface area contributed by atoms with Crippen molar-refractivity contribution in [3.8, 4) is 11.5 Å². The number of ether oxygens (including phenoxy) is 3. The third-order valence-electron chi connectivity index (χ3n) is 7.81. The number of rotatable bonds is 18. The van der Waals surface area contributed by atoms with Gasteiger partial charge in [-0.2, -0.15) is 0 Å². The molecule has 1 aliphatic heterocycles. The van der Waals surface area contributed by atoms with Crippen molar-refractivity contribution in [3.63, 3.8) is 0 Å². The number of nitrogens with one attached hydrogen (secondary N) is 2. The van der Waals surface area contributed by atoms with E-state index >= 15 is 0 Å². The Labute approximate surface area is 256 Å². The van der Waals surface area contributed by atoms with E-state index in [1.165, 1.54) is 6.07 Å².